The molecule has 1 aromatic heterocycles. The van der Waals surface area contributed by atoms with Crippen LogP contribution >= 0.6 is 11.6 Å². The van der Waals surface area contributed by atoms with Crippen molar-refractivity contribution in [3.63, 3.8) is 0 Å². The van der Waals surface area contributed by atoms with Crippen LogP contribution in [-0.2, 0) is 13.1 Å². The van der Waals surface area contributed by atoms with E-state index >= 15 is 0 Å². The highest BCUT2D eigenvalue weighted by Gasteiger charge is 2.24. The van der Waals surface area contributed by atoms with E-state index < -0.39 is 0 Å². The maximum atomic E-state index is 13.8. The first-order chi connectivity index (χ1) is 18.9. The lowest BCUT2D eigenvalue weighted by Crippen LogP contribution is -2.39. The van der Waals surface area contributed by atoms with Gasteiger partial charge in [0, 0.05) is 49.9 Å². The third kappa shape index (κ3) is 6.23. The number of methoxy groups -OCH3 is 1. The molecule has 3 aromatic carbocycles. The number of nitrogens with zero attached hydrogens (tertiary/aromatic N) is 3. The summed E-state index contributed by atoms with van der Waals surface area (Å²) in [5, 5.41) is 6.53. The first kappa shape index (κ1) is 26.3. The molecule has 1 aliphatic heterocycles. The third-order valence-electron chi connectivity index (χ3n) is 6.41. The van der Waals surface area contributed by atoms with Crippen molar-refractivity contribution in [1.29, 1.82) is 0 Å². The number of aromatic nitrogens is 1. The summed E-state index contributed by atoms with van der Waals surface area (Å²) in [6, 6.07) is 16.8. The number of hydrogen-bond donors (Lipinski definition) is 2. The van der Waals surface area contributed by atoms with Crippen LogP contribution in [0.5, 0.6) is 5.75 Å². The number of fused-ring (bicyclic) bond motifs is 1. The number of nitrogens with one attached hydrogen (secondary N) is 2. The van der Waals surface area contributed by atoms with Gasteiger partial charge in [-0.25, -0.2) is 9.18 Å². The fraction of sp³-hybridized carbons (Fsp3) is 0.250. The standard InChI is InChI=1S/C28H27ClFN5O4/c1-38-24-15-20(14-23-25(24)39-27(33-23)32-16-19-3-2-4-21(29)13-19)26(36)35(12-11-34-10-9-31-28(34)37)17-18-5-7-22(30)8-6-18/h2-8,13-15H,9-12,16-17H2,1H3,(H,31,37)(H,32,33). The molecule has 3 amide bonds. The van der Waals surface area contributed by atoms with Crippen molar-refractivity contribution in [1.82, 2.24) is 20.1 Å². The van der Waals surface area contributed by atoms with Crippen LogP contribution in [0.4, 0.5) is 15.2 Å². The minimum Gasteiger partial charge on any atom is -0.493 e. The van der Waals surface area contributed by atoms with Crippen molar-refractivity contribution in [3.8, 4) is 5.75 Å². The minimum atomic E-state index is -0.355. The van der Waals surface area contributed by atoms with E-state index in [4.69, 9.17) is 20.8 Å². The molecule has 2 N–H and O–H groups in total. The zero-order chi connectivity index (χ0) is 27.4. The molecule has 0 aliphatic carbocycles. The monoisotopic (exact) mass is 551 g/mol. The van der Waals surface area contributed by atoms with Gasteiger partial charge in [0.25, 0.3) is 11.9 Å². The van der Waals surface area contributed by atoms with Crippen LogP contribution in [0.2, 0.25) is 5.02 Å². The van der Waals surface area contributed by atoms with Crippen molar-refractivity contribution < 1.29 is 23.1 Å². The van der Waals surface area contributed by atoms with E-state index in [1.165, 1.54) is 19.2 Å². The summed E-state index contributed by atoms with van der Waals surface area (Å²) in [5.74, 6) is -0.276. The number of amides is 3. The second kappa shape index (κ2) is 11.6. The van der Waals surface area contributed by atoms with Gasteiger partial charge in [-0.1, -0.05) is 35.9 Å². The quantitative estimate of drug-likeness (QED) is 0.290. The van der Waals surface area contributed by atoms with Gasteiger partial charge >= 0.3 is 6.03 Å². The molecule has 2 heterocycles. The fourth-order valence-corrected chi connectivity index (χ4v) is 4.60. The van der Waals surface area contributed by atoms with E-state index in [-0.39, 0.29) is 36.9 Å². The van der Waals surface area contributed by atoms with E-state index in [0.717, 1.165) is 11.1 Å². The summed E-state index contributed by atoms with van der Waals surface area (Å²) in [7, 11) is 1.49. The maximum Gasteiger partial charge on any atom is 0.317 e. The minimum absolute atomic E-state index is 0.160. The van der Waals surface area contributed by atoms with Crippen molar-refractivity contribution in [2.24, 2.45) is 0 Å². The lowest BCUT2D eigenvalue weighted by Gasteiger charge is -2.25. The molecule has 5 rings (SSSR count). The first-order valence-corrected chi connectivity index (χ1v) is 12.8. The molecule has 0 unspecified atom stereocenters. The number of anilines is 1. The number of carbonyl (C=O) groups excluding carboxylic acids is 2. The summed E-state index contributed by atoms with van der Waals surface area (Å²) < 4.78 is 24.9. The molecule has 4 aromatic rings. The first-order valence-electron chi connectivity index (χ1n) is 12.4. The summed E-state index contributed by atoms with van der Waals surface area (Å²) in [6.45, 7) is 2.46. The molecule has 0 bridgehead atoms. The molecule has 0 saturated carbocycles. The van der Waals surface area contributed by atoms with Crippen molar-refractivity contribution in [3.05, 3.63) is 88.2 Å². The Labute approximate surface area is 229 Å². The highest BCUT2D eigenvalue weighted by Crippen LogP contribution is 2.31. The number of oxazole rings is 1. The van der Waals surface area contributed by atoms with Crippen LogP contribution in [0.3, 0.4) is 0 Å². The molecule has 1 aliphatic rings. The Balaban J connectivity index is 1.39. The van der Waals surface area contributed by atoms with Crippen LogP contribution in [0.1, 0.15) is 21.5 Å². The second-order valence-electron chi connectivity index (χ2n) is 9.10. The topological polar surface area (TPSA) is 99.9 Å². The van der Waals surface area contributed by atoms with Gasteiger partial charge in [-0.15, -0.1) is 0 Å². The van der Waals surface area contributed by atoms with Gasteiger partial charge < -0.3 is 29.6 Å². The molecule has 1 saturated heterocycles. The number of ether oxygens (including phenoxy) is 1. The molecular formula is C28H27ClFN5O4. The van der Waals surface area contributed by atoms with E-state index in [1.54, 1.807) is 40.1 Å². The van der Waals surface area contributed by atoms with Crippen LogP contribution in [0.25, 0.3) is 11.1 Å². The van der Waals surface area contributed by atoms with Gasteiger partial charge in [-0.05, 0) is 47.5 Å². The fourth-order valence-electron chi connectivity index (χ4n) is 4.39. The lowest BCUT2D eigenvalue weighted by molar-refractivity contribution is 0.0730. The number of hydrogen-bond acceptors (Lipinski definition) is 6. The lowest BCUT2D eigenvalue weighted by atomic mass is 10.1. The number of benzene rings is 3. The van der Waals surface area contributed by atoms with Gasteiger partial charge in [0.1, 0.15) is 11.3 Å². The highest BCUT2D eigenvalue weighted by molar-refractivity contribution is 6.30. The SMILES string of the molecule is COc1cc(C(=O)N(CCN2CCNC2=O)Cc2ccc(F)cc2)cc2nc(NCc3cccc(Cl)c3)oc12. The van der Waals surface area contributed by atoms with Gasteiger partial charge in [0.2, 0.25) is 0 Å². The normalized spacial score (nSPS) is 13.0. The largest absolute Gasteiger partial charge is 0.493 e. The summed E-state index contributed by atoms with van der Waals surface area (Å²) >= 11 is 6.07. The van der Waals surface area contributed by atoms with E-state index in [9.17, 15) is 14.0 Å². The Morgan fingerprint density at radius 3 is 2.74 bits per heavy atom. The van der Waals surface area contributed by atoms with E-state index in [0.29, 0.717) is 53.6 Å². The molecule has 11 heteroatoms. The number of rotatable bonds is 10. The molecule has 202 valence electrons. The zero-order valence-corrected chi connectivity index (χ0v) is 22.0. The molecule has 0 radical (unpaired) electrons. The Kier molecular flexibility index (Phi) is 7.83. The van der Waals surface area contributed by atoms with Gasteiger partial charge in [0.05, 0.1) is 7.11 Å². The molecule has 9 nitrogen and oxygen atoms in total. The number of carbonyl (C=O) groups is 2. The average molecular weight is 552 g/mol. The Morgan fingerprint density at radius 1 is 1.21 bits per heavy atom. The second-order valence-corrected chi connectivity index (χ2v) is 9.54. The molecular weight excluding hydrogens is 525 g/mol. The molecule has 0 spiro atoms. The predicted octanol–water partition coefficient (Wildman–Crippen LogP) is 4.91. The molecule has 1 fully saturated rings. The van der Waals surface area contributed by atoms with Crippen LogP contribution in [-0.4, -0.2) is 60.0 Å². The summed E-state index contributed by atoms with van der Waals surface area (Å²) in [6.07, 6.45) is 0. The summed E-state index contributed by atoms with van der Waals surface area (Å²) in [5.41, 5.74) is 2.92. The molecule has 0 atom stereocenters. The van der Waals surface area contributed by atoms with Gasteiger partial charge in [0.15, 0.2) is 11.3 Å². The van der Waals surface area contributed by atoms with Crippen molar-refractivity contribution in [2.75, 3.05) is 38.6 Å². The molecule has 39 heavy (non-hydrogen) atoms. The number of urea groups is 1. The summed E-state index contributed by atoms with van der Waals surface area (Å²) in [4.78, 5) is 33.6. The maximum absolute atomic E-state index is 13.8. The predicted molar refractivity (Wildman–Crippen MR) is 145 cm³/mol. The number of halogens is 2. The van der Waals surface area contributed by atoms with Crippen LogP contribution in [0, 0.1) is 5.82 Å². The van der Waals surface area contributed by atoms with Crippen LogP contribution in [0.15, 0.2) is 65.1 Å². The van der Waals surface area contributed by atoms with E-state index in [2.05, 4.69) is 15.6 Å². The average Bonchev–Trinajstić information content (AvgIpc) is 3.55. The zero-order valence-electron chi connectivity index (χ0n) is 21.2. The van der Waals surface area contributed by atoms with Crippen LogP contribution < -0.4 is 15.4 Å². The third-order valence-corrected chi connectivity index (χ3v) is 6.65. The van der Waals surface area contributed by atoms with Gasteiger partial charge in [-0.2, -0.15) is 4.98 Å². The van der Waals surface area contributed by atoms with E-state index in [1.807, 2.05) is 18.2 Å². The highest BCUT2D eigenvalue weighted by atomic mass is 35.5. The van der Waals surface area contributed by atoms with Gasteiger partial charge in [-0.3, -0.25) is 4.79 Å². The van der Waals surface area contributed by atoms with Crippen molar-refractivity contribution >= 4 is 40.7 Å². The smallest absolute Gasteiger partial charge is 0.317 e. The Bertz CT molecular complexity index is 1490. The Morgan fingerprint density at radius 2 is 2.03 bits per heavy atom. The van der Waals surface area contributed by atoms with Crippen molar-refractivity contribution in [2.45, 2.75) is 13.1 Å². The Hall–Kier alpha value is -4.31.